The van der Waals surface area contributed by atoms with Gasteiger partial charge in [-0.15, -0.1) is 11.3 Å². The average Bonchev–Trinajstić information content (AvgIpc) is 3.27. The number of carbonyl (C=O) groups is 1. The topological polar surface area (TPSA) is 22.0 Å². The van der Waals surface area contributed by atoms with Gasteiger partial charge < -0.3 is 0 Å². The standard InChI is InChI=1S/C23H16BNOS/c24-19-12-6-4-11-17(19)23(26)25-20-13-7-5-10-16(20)18-14-27-22(21(18)25)15-8-2-1-3-9-15/h1-14H,24H2. The van der Waals surface area contributed by atoms with Crippen LogP contribution in [-0.4, -0.2) is 18.3 Å². The number of aromatic nitrogens is 1. The Morgan fingerprint density at radius 3 is 2.33 bits per heavy atom. The van der Waals surface area contributed by atoms with E-state index in [1.54, 1.807) is 11.3 Å². The third kappa shape index (κ3) is 2.45. The lowest BCUT2D eigenvalue weighted by molar-refractivity contribution is 0.0970. The number of hydrogen-bond donors (Lipinski definition) is 0. The van der Waals surface area contributed by atoms with Crippen molar-refractivity contribution >= 4 is 52.4 Å². The second-order valence-electron chi connectivity index (χ2n) is 6.67. The maximum Gasteiger partial charge on any atom is 0.262 e. The molecule has 0 atom stereocenters. The normalized spacial score (nSPS) is 11.3. The fourth-order valence-corrected chi connectivity index (χ4v) is 4.78. The summed E-state index contributed by atoms with van der Waals surface area (Å²) in [5.41, 5.74) is 4.83. The van der Waals surface area contributed by atoms with Crippen molar-refractivity contribution in [3.05, 3.63) is 89.8 Å². The number of para-hydroxylation sites is 1. The molecule has 0 bridgehead atoms. The third-order valence-electron chi connectivity index (χ3n) is 5.04. The largest absolute Gasteiger partial charge is 0.274 e. The van der Waals surface area contributed by atoms with E-state index in [2.05, 4.69) is 23.6 Å². The second kappa shape index (κ2) is 6.25. The molecule has 0 saturated heterocycles. The first-order valence-corrected chi connectivity index (χ1v) is 9.80. The van der Waals surface area contributed by atoms with Gasteiger partial charge in [0.1, 0.15) is 7.85 Å². The number of benzene rings is 3. The molecule has 0 saturated carbocycles. The molecule has 2 nitrogen and oxygen atoms in total. The summed E-state index contributed by atoms with van der Waals surface area (Å²) < 4.78 is 1.89. The van der Waals surface area contributed by atoms with Gasteiger partial charge in [-0.1, -0.05) is 78.3 Å². The lowest BCUT2D eigenvalue weighted by atomic mass is 9.90. The molecule has 2 heterocycles. The molecule has 0 aliphatic rings. The molecule has 0 aliphatic carbocycles. The Morgan fingerprint density at radius 1 is 0.815 bits per heavy atom. The van der Waals surface area contributed by atoms with Crippen molar-refractivity contribution in [2.45, 2.75) is 0 Å². The van der Waals surface area contributed by atoms with E-state index in [1.165, 1.54) is 0 Å². The molecule has 128 valence electrons. The van der Waals surface area contributed by atoms with Crippen LogP contribution in [0.25, 0.3) is 32.2 Å². The van der Waals surface area contributed by atoms with Crippen molar-refractivity contribution in [1.29, 1.82) is 0 Å². The second-order valence-corrected chi connectivity index (χ2v) is 7.55. The lowest BCUT2D eigenvalue weighted by Crippen LogP contribution is -2.21. The summed E-state index contributed by atoms with van der Waals surface area (Å²) in [6.07, 6.45) is 0. The van der Waals surface area contributed by atoms with E-state index in [9.17, 15) is 4.79 Å². The molecule has 4 heteroatoms. The van der Waals surface area contributed by atoms with Crippen LogP contribution in [0.4, 0.5) is 0 Å². The SMILES string of the molecule is Bc1ccccc1C(=O)n1c2ccccc2c2csc(-c3ccccc3)c21. The van der Waals surface area contributed by atoms with Gasteiger partial charge in [0, 0.05) is 21.7 Å². The zero-order valence-corrected chi connectivity index (χ0v) is 15.7. The van der Waals surface area contributed by atoms with E-state index >= 15 is 0 Å². The number of carbonyl (C=O) groups excluding carboxylic acids is 1. The Balaban J connectivity index is 1.88. The molecule has 0 spiro atoms. The number of fused-ring (bicyclic) bond motifs is 3. The van der Waals surface area contributed by atoms with Crippen molar-refractivity contribution in [2.75, 3.05) is 0 Å². The van der Waals surface area contributed by atoms with E-state index < -0.39 is 0 Å². The summed E-state index contributed by atoms with van der Waals surface area (Å²) in [6.45, 7) is 0. The zero-order chi connectivity index (χ0) is 18.4. The summed E-state index contributed by atoms with van der Waals surface area (Å²) in [4.78, 5) is 14.7. The van der Waals surface area contributed by atoms with Gasteiger partial charge in [-0.3, -0.25) is 9.36 Å². The Morgan fingerprint density at radius 2 is 1.52 bits per heavy atom. The smallest absolute Gasteiger partial charge is 0.262 e. The molecule has 2 aromatic heterocycles. The number of nitrogens with zero attached hydrogens (tertiary/aromatic N) is 1. The molecule has 0 aliphatic heterocycles. The predicted octanol–water partition coefficient (Wildman–Crippen LogP) is 4.47. The van der Waals surface area contributed by atoms with Crippen LogP contribution in [0.3, 0.4) is 0 Å². The zero-order valence-electron chi connectivity index (χ0n) is 14.8. The highest BCUT2D eigenvalue weighted by atomic mass is 32.1. The average molecular weight is 365 g/mol. The van der Waals surface area contributed by atoms with Crippen molar-refractivity contribution in [2.24, 2.45) is 0 Å². The van der Waals surface area contributed by atoms with Gasteiger partial charge >= 0.3 is 0 Å². The Hall–Kier alpha value is -3.11. The van der Waals surface area contributed by atoms with Gasteiger partial charge in [-0.05, 0) is 11.6 Å². The predicted molar refractivity (Wildman–Crippen MR) is 117 cm³/mol. The van der Waals surface area contributed by atoms with Crippen LogP contribution in [0.5, 0.6) is 0 Å². The number of thiophene rings is 1. The number of hydrogen-bond acceptors (Lipinski definition) is 2. The summed E-state index contributed by atoms with van der Waals surface area (Å²) in [5.74, 6) is 0.0230. The Kier molecular flexibility index (Phi) is 3.73. The van der Waals surface area contributed by atoms with E-state index in [-0.39, 0.29) is 5.91 Å². The minimum atomic E-state index is 0.0230. The Bertz CT molecular complexity index is 1300. The van der Waals surface area contributed by atoms with Gasteiger partial charge in [-0.2, -0.15) is 0 Å². The van der Waals surface area contributed by atoms with Crippen molar-refractivity contribution in [3.8, 4) is 10.4 Å². The Labute approximate surface area is 162 Å². The molecular weight excluding hydrogens is 349 g/mol. The molecule has 0 N–H and O–H groups in total. The van der Waals surface area contributed by atoms with Crippen LogP contribution < -0.4 is 5.46 Å². The van der Waals surface area contributed by atoms with Crippen LogP contribution in [0.1, 0.15) is 10.4 Å². The molecule has 3 aromatic carbocycles. The highest BCUT2D eigenvalue weighted by molar-refractivity contribution is 7.15. The van der Waals surface area contributed by atoms with E-state index in [4.69, 9.17) is 0 Å². The summed E-state index contributed by atoms with van der Waals surface area (Å²) in [6, 6.07) is 26.2. The molecule has 5 rings (SSSR count). The number of rotatable bonds is 2. The van der Waals surface area contributed by atoms with Crippen LogP contribution in [0.15, 0.2) is 84.2 Å². The van der Waals surface area contributed by atoms with E-state index in [0.717, 1.165) is 43.3 Å². The highest BCUT2D eigenvalue weighted by Gasteiger charge is 2.22. The van der Waals surface area contributed by atoms with Gasteiger partial charge in [0.05, 0.1) is 15.9 Å². The van der Waals surface area contributed by atoms with Crippen LogP contribution in [-0.2, 0) is 0 Å². The first kappa shape index (κ1) is 16.1. The first-order valence-electron chi connectivity index (χ1n) is 8.92. The quantitative estimate of drug-likeness (QED) is 0.423. The van der Waals surface area contributed by atoms with Crippen LogP contribution >= 0.6 is 11.3 Å². The molecule has 0 unspecified atom stereocenters. The first-order chi connectivity index (χ1) is 13.3. The minimum Gasteiger partial charge on any atom is -0.274 e. The molecule has 0 fully saturated rings. The van der Waals surface area contributed by atoms with Crippen LogP contribution in [0.2, 0.25) is 0 Å². The molecule has 0 amide bonds. The summed E-state index contributed by atoms with van der Waals surface area (Å²) in [7, 11) is 1.99. The van der Waals surface area contributed by atoms with Gasteiger partial charge in [0.2, 0.25) is 0 Å². The van der Waals surface area contributed by atoms with Crippen LogP contribution in [0, 0.1) is 0 Å². The minimum absolute atomic E-state index is 0.0230. The van der Waals surface area contributed by atoms with Gasteiger partial charge in [0.15, 0.2) is 0 Å². The highest BCUT2D eigenvalue weighted by Crippen LogP contribution is 2.40. The van der Waals surface area contributed by atoms with Crippen molar-refractivity contribution in [1.82, 2.24) is 4.57 Å². The monoisotopic (exact) mass is 365 g/mol. The summed E-state index contributed by atoms with van der Waals surface area (Å²) in [5, 5.41) is 4.42. The van der Waals surface area contributed by atoms with Gasteiger partial charge in [0.25, 0.3) is 5.91 Å². The third-order valence-corrected chi connectivity index (χ3v) is 6.06. The lowest BCUT2D eigenvalue weighted by Gasteiger charge is -2.10. The van der Waals surface area contributed by atoms with E-state index in [0.29, 0.717) is 0 Å². The molecule has 0 radical (unpaired) electrons. The molecule has 5 aromatic rings. The van der Waals surface area contributed by atoms with E-state index in [1.807, 2.05) is 73.1 Å². The molecular formula is C23H16BNOS. The van der Waals surface area contributed by atoms with Crippen molar-refractivity contribution < 1.29 is 4.79 Å². The molecule has 27 heavy (non-hydrogen) atoms. The maximum absolute atomic E-state index is 13.6. The maximum atomic E-state index is 13.6. The summed E-state index contributed by atoms with van der Waals surface area (Å²) >= 11 is 1.70. The fourth-order valence-electron chi connectivity index (χ4n) is 3.72. The van der Waals surface area contributed by atoms with Crippen molar-refractivity contribution in [3.63, 3.8) is 0 Å². The van der Waals surface area contributed by atoms with Gasteiger partial charge in [-0.25, -0.2) is 0 Å². The fraction of sp³-hybridized carbons (Fsp3) is 0.